The maximum absolute atomic E-state index is 14.4. The Kier molecular flexibility index (Phi) is 10.8. The smallest absolute Gasteiger partial charge is 0.304 e. The summed E-state index contributed by atoms with van der Waals surface area (Å²) >= 11 is 6.13. The van der Waals surface area contributed by atoms with Crippen molar-refractivity contribution in [3.05, 3.63) is 100 Å². The normalized spacial score (nSPS) is 12.6. The number of hydrogen-bond acceptors (Lipinski definition) is 4. The third kappa shape index (κ3) is 8.80. The van der Waals surface area contributed by atoms with Crippen LogP contribution in [0.2, 0.25) is 5.02 Å². The number of carbonyl (C=O) groups excluding carboxylic acids is 2. The Morgan fingerprint density at radius 1 is 0.905 bits per heavy atom. The van der Waals surface area contributed by atoms with Gasteiger partial charge in [-0.3, -0.25) is 9.59 Å². The number of nitrogens with zero attached hydrogens (tertiary/aromatic N) is 3. The van der Waals surface area contributed by atoms with Gasteiger partial charge in [-0.15, -0.1) is 0 Å². The molecule has 0 spiro atoms. The minimum absolute atomic E-state index is 0.0771. The van der Waals surface area contributed by atoms with Crippen molar-refractivity contribution < 1.29 is 18.0 Å². The number of nitrogens with one attached hydrogen (secondary N) is 1. The lowest BCUT2D eigenvalue weighted by atomic mass is 10.0. The van der Waals surface area contributed by atoms with Gasteiger partial charge in [0.25, 0.3) is 0 Å². The minimum Gasteiger partial charge on any atom is -0.350 e. The lowest BCUT2D eigenvalue weighted by Crippen LogP contribution is -2.56. The molecular weight excluding hydrogens is 572 g/mol. The molecule has 3 aromatic rings. The van der Waals surface area contributed by atoms with E-state index < -0.39 is 34.2 Å². The largest absolute Gasteiger partial charge is 0.350 e. The van der Waals surface area contributed by atoms with Crippen LogP contribution >= 0.6 is 11.6 Å². The molecule has 0 aliphatic carbocycles. The first-order valence-corrected chi connectivity index (χ1v) is 15.5. The number of benzene rings is 3. The van der Waals surface area contributed by atoms with Crippen molar-refractivity contribution in [2.75, 3.05) is 24.9 Å². The molecule has 0 bridgehead atoms. The Morgan fingerprint density at radius 3 is 2.10 bits per heavy atom. The molecule has 0 aromatic heterocycles. The van der Waals surface area contributed by atoms with Crippen LogP contribution in [0.4, 0.5) is 5.69 Å². The summed E-state index contributed by atoms with van der Waals surface area (Å²) in [5.74, 6) is -0.844. The number of amides is 2. The van der Waals surface area contributed by atoms with Crippen LogP contribution < -0.4 is 9.62 Å². The van der Waals surface area contributed by atoms with Gasteiger partial charge in [-0.05, 0) is 75.1 Å². The lowest BCUT2D eigenvalue weighted by molar-refractivity contribution is -0.140. The Bertz CT molecular complexity index is 1490. The average molecular weight is 613 g/mol. The number of halogens is 1. The van der Waals surface area contributed by atoms with E-state index in [0.717, 1.165) is 25.3 Å². The fraction of sp³-hybridized carbons (Fsp3) is 0.375. The second-order valence-corrected chi connectivity index (χ2v) is 14.2. The summed E-state index contributed by atoms with van der Waals surface area (Å²) in [4.78, 5) is 29.7. The number of anilines is 1. The molecule has 3 aromatic carbocycles. The molecule has 8 nitrogen and oxygen atoms in total. The van der Waals surface area contributed by atoms with Crippen molar-refractivity contribution in [3.63, 3.8) is 0 Å². The summed E-state index contributed by atoms with van der Waals surface area (Å²) in [7, 11) is -1.21. The van der Waals surface area contributed by atoms with Gasteiger partial charge >= 0.3 is 10.2 Å². The molecule has 0 aliphatic rings. The van der Waals surface area contributed by atoms with E-state index in [-0.39, 0.29) is 18.9 Å². The number of aryl methyl sites for hydroxylation is 2. The van der Waals surface area contributed by atoms with Crippen molar-refractivity contribution in [1.82, 2.24) is 14.5 Å². The Balaban J connectivity index is 2.14. The summed E-state index contributed by atoms with van der Waals surface area (Å²) in [5.41, 5.74) is 3.03. The third-order valence-corrected chi connectivity index (χ3v) is 8.75. The quantitative estimate of drug-likeness (QED) is 0.325. The zero-order chi connectivity index (χ0) is 31.2. The van der Waals surface area contributed by atoms with E-state index in [9.17, 15) is 18.0 Å². The molecule has 0 fully saturated rings. The molecule has 2 amide bonds. The molecule has 0 aliphatic heterocycles. The highest BCUT2D eigenvalue weighted by Gasteiger charge is 2.36. The van der Waals surface area contributed by atoms with Crippen LogP contribution in [0.25, 0.3) is 0 Å². The zero-order valence-electron chi connectivity index (χ0n) is 25.4. The number of carbonyl (C=O) groups is 2. The van der Waals surface area contributed by atoms with Gasteiger partial charge in [-0.1, -0.05) is 66.2 Å². The first-order chi connectivity index (χ1) is 19.6. The third-order valence-electron chi connectivity index (χ3n) is 6.69. The lowest BCUT2D eigenvalue weighted by Gasteiger charge is -2.36. The van der Waals surface area contributed by atoms with Crippen LogP contribution in [0.1, 0.15) is 43.0 Å². The van der Waals surface area contributed by atoms with E-state index in [1.165, 1.54) is 19.0 Å². The first kappa shape index (κ1) is 33.1. The van der Waals surface area contributed by atoms with Gasteiger partial charge in [0.1, 0.15) is 12.6 Å². The number of rotatable bonds is 11. The SMILES string of the molecule is Cc1ccc(C)c(N(CC(=O)N(Cc2ccc(Cl)cc2)[C@H](Cc2ccccc2)C(=O)NC(C)(C)C)S(=O)(=O)N(C)C)c1. The zero-order valence-corrected chi connectivity index (χ0v) is 27.0. The van der Waals surface area contributed by atoms with Crippen LogP contribution in [-0.2, 0) is 32.8 Å². The molecule has 226 valence electrons. The molecule has 0 radical (unpaired) electrons. The fourth-order valence-electron chi connectivity index (χ4n) is 4.48. The number of hydrogen-bond donors (Lipinski definition) is 1. The van der Waals surface area contributed by atoms with E-state index in [4.69, 9.17) is 11.6 Å². The fourth-order valence-corrected chi connectivity index (χ4v) is 5.72. The summed E-state index contributed by atoms with van der Waals surface area (Å²) < 4.78 is 29.4. The standard InChI is InChI=1S/C32H41ClN4O4S/c1-23-13-14-24(2)28(19-23)37(42(40,41)35(6)7)22-30(38)36(21-26-15-17-27(33)18-16-26)29(31(39)34-32(3,4)5)20-25-11-9-8-10-12-25/h8-19,29H,20-22H2,1-7H3,(H,34,39)/t29-/m1/s1. The van der Waals surface area contributed by atoms with Gasteiger partial charge in [-0.25, -0.2) is 4.31 Å². The minimum atomic E-state index is -4.07. The van der Waals surface area contributed by atoms with Crippen LogP contribution in [0, 0.1) is 13.8 Å². The second kappa shape index (κ2) is 13.7. The van der Waals surface area contributed by atoms with E-state index in [1.54, 1.807) is 37.3 Å². The van der Waals surface area contributed by atoms with Crippen LogP contribution in [0.5, 0.6) is 0 Å². The second-order valence-electron chi connectivity index (χ2n) is 11.7. The molecule has 0 unspecified atom stereocenters. The topological polar surface area (TPSA) is 90.0 Å². The molecule has 3 rings (SSSR count). The van der Waals surface area contributed by atoms with Gasteiger partial charge in [-0.2, -0.15) is 12.7 Å². The predicted octanol–water partition coefficient (Wildman–Crippen LogP) is 5.12. The van der Waals surface area contributed by atoms with Crippen LogP contribution in [-0.4, -0.2) is 61.7 Å². The summed E-state index contributed by atoms with van der Waals surface area (Å²) in [6.07, 6.45) is 0.242. The van der Waals surface area contributed by atoms with E-state index in [1.807, 2.05) is 70.2 Å². The van der Waals surface area contributed by atoms with Crippen molar-refractivity contribution in [2.45, 2.75) is 59.2 Å². The van der Waals surface area contributed by atoms with Gasteiger partial charge < -0.3 is 10.2 Å². The first-order valence-electron chi connectivity index (χ1n) is 13.8. The highest BCUT2D eigenvalue weighted by molar-refractivity contribution is 7.90. The van der Waals surface area contributed by atoms with Crippen LogP contribution in [0.3, 0.4) is 0 Å². The van der Waals surface area contributed by atoms with Crippen molar-refractivity contribution in [3.8, 4) is 0 Å². The van der Waals surface area contributed by atoms with Crippen molar-refractivity contribution >= 4 is 39.3 Å². The molecule has 10 heteroatoms. The Morgan fingerprint density at radius 2 is 1.52 bits per heavy atom. The summed E-state index contributed by atoms with van der Waals surface area (Å²) in [6.45, 7) is 8.88. The molecule has 0 saturated heterocycles. The molecular formula is C32H41ClN4O4S. The van der Waals surface area contributed by atoms with E-state index >= 15 is 0 Å². The average Bonchev–Trinajstić information content (AvgIpc) is 2.91. The molecule has 0 saturated carbocycles. The van der Waals surface area contributed by atoms with Crippen molar-refractivity contribution in [2.24, 2.45) is 0 Å². The maximum atomic E-state index is 14.4. The monoisotopic (exact) mass is 612 g/mol. The summed E-state index contributed by atoms with van der Waals surface area (Å²) in [5, 5.41) is 3.57. The highest BCUT2D eigenvalue weighted by atomic mass is 35.5. The van der Waals surface area contributed by atoms with Gasteiger partial charge in [0, 0.05) is 37.6 Å². The maximum Gasteiger partial charge on any atom is 0.304 e. The highest BCUT2D eigenvalue weighted by Crippen LogP contribution is 2.26. The predicted molar refractivity (Wildman–Crippen MR) is 170 cm³/mol. The molecule has 1 N–H and O–H groups in total. The Hall–Kier alpha value is -3.40. The van der Waals surface area contributed by atoms with Gasteiger partial charge in [0.05, 0.1) is 5.69 Å². The Labute approximate surface area is 255 Å². The van der Waals surface area contributed by atoms with E-state index in [0.29, 0.717) is 16.3 Å². The van der Waals surface area contributed by atoms with Crippen molar-refractivity contribution in [1.29, 1.82) is 0 Å². The molecule has 1 atom stereocenters. The molecule has 0 heterocycles. The molecule has 42 heavy (non-hydrogen) atoms. The van der Waals surface area contributed by atoms with Crippen LogP contribution in [0.15, 0.2) is 72.8 Å². The van der Waals surface area contributed by atoms with E-state index in [2.05, 4.69) is 5.32 Å². The summed E-state index contributed by atoms with van der Waals surface area (Å²) in [6, 6.07) is 21.0. The van der Waals surface area contributed by atoms with Gasteiger partial charge in [0.15, 0.2) is 0 Å². The van der Waals surface area contributed by atoms with Gasteiger partial charge in [0.2, 0.25) is 11.8 Å².